The molecular formula is C26H28N4O3S2. The van der Waals surface area contributed by atoms with E-state index >= 15 is 0 Å². The third-order valence-corrected chi connectivity index (χ3v) is 7.75. The Hall–Kier alpha value is -3.04. The summed E-state index contributed by atoms with van der Waals surface area (Å²) in [6, 6.07) is 14.2. The van der Waals surface area contributed by atoms with Gasteiger partial charge in [-0.05, 0) is 55.7 Å². The van der Waals surface area contributed by atoms with Gasteiger partial charge in [0.25, 0.3) is 0 Å². The third-order valence-electron chi connectivity index (χ3n) is 5.81. The molecule has 7 nitrogen and oxygen atoms in total. The number of nitrogens with zero attached hydrogens (tertiary/aromatic N) is 4. The maximum absolute atomic E-state index is 6.18. The highest BCUT2D eigenvalue weighted by molar-refractivity contribution is 7.98. The zero-order chi connectivity index (χ0) is 24.4. The average Bonchev–Trinajstić information content (AvgIpc) is 3.61. The van der Waals surface area contributed by atoms with Crippen LogP contribution < -0.4 is 14.2 Å². The summed E-state index contributed by atoms with van der Waals surface area (Å²) in [4.78, 5) is 4.81. The monoisotopic (exact) mass is 508 g/mol. The van der Waals surface area contributed by atoms with Crippen molar-refractivity contribution in [3.8, 4) is 27.8 Å². The number of benzene rings is 2. The molecule has 5 rings (SSSR count). The predicted molar refractivity (Wildman–Crippen MR) is 139 cm³/mol. The van der Waals surface area contributed by atoms with Crippen LogP contribution in [-0.4, -0.2) is 26.5 Å². The Morgan fingerprint density at radius 2 is 1.86 bits per heavy atom. The fourth-order valence-corrected chi connectivity index (χ4v) is 5.69. The van der Waals surface area contributed by atoms with Crippen LogP contribution in [0.5, 0.6) is 17.2 Å². The van der Waals surface area contributed by atoms with Gasteiger partial charge in [0.05, 0.1) is 5.69 Å². The smallest absolute Gasteiger partial charge is 0.231 e. The summed E-state index contributed by atoms with van der Waals surface area (Å²) in [5.41, 5.74) is 3.33. The molecule has 1 aliphatic rings. The molecule has 2 aromatic carbocycles. The number of hydrogen-bond acceptors (Lipinski definition) is 8. The number of rotatable bonds is 9. The van der Waals surface area contributed by atoms with Gasteiger partial charge in [0.15, 0.2) is 28.6 Å². The molecule has 35 heavy (non-hydrogen) atoms. The van der Waals surface area contributed by atoms with E-state index in [2.05, 4.69) is 53.0 Å². The molecule has 0 amide bonds. The molecule has 3 heterocycles. The summed E-state index contributed by atoms with van der Waals surface area (Å²) in [5, 5.41) is 12.8. The molecule has 0 saturated carbocycles. The lowest BCUT2D eigenvalue weighted by molar-refractivity contribution is 0.174. The number of hydrogen-bond donors (Lipinski definition) is 0. The second-order valence-electron chi connectivity index (χ2n) is 8.57. The normalized spacial score (nSPS) is 13.4. The van der Waals surface area contributed by atoms with Gasteiger partial charge in [0.1, 0.15) is 10.8 Å². The van der Waals surface area contributed by atoms with Gasteiger partial charge in [0.2, 0.25) is 6.79 Å². The zero-order valence-electron chi connectivity index (χ0n) is 20.2. The lowest BCUT2D eigenvalue weighted by Gasteiger charge is -2.16. The highest BCUT2D eigenvalue weighted by Gasteiger charge is 2.20. The zero-order valence-corrected chi connectivity index (χ0v) is 21.9. The molecule has 0 bridgehead atoms. The lowest BCUT2D eigenvalue weighted by atomic mass is 10.0. The summed E-state index contributed by atoms with van der Waals surface area (Å²) < 4.78 is 19.2. The van der Waals surface area contributed by atoms with Gasteiger partial charge >= 0.3 is 0 Å². The fourth-order valence-electron chi connectivity index (χ4n) is 3.87. The Morgan fingerprint density at radius 1 is 1.06 bits per heavy atom. The van der Waals surface area contributed by atoms with Gasteiger partial charge in [-0.15, -0.1) is 21.5 Å². The summed E-state index contributed by atoms with van der Waals surface area (Å²) in [7, 11) is 0. The van der Waals surface area contributed by atoms with Crippen LogP contribution in [0.3, 0.4) is 0 Å². The molecule has 1 aliphatic heterocycles. The van der Waals surface area contributed by atoms with Gasteiger partial charge in [-0.1, -0.05) is 37.7 Å². The van der Waals surface area contributed by atoms with Crippen molar-refractivity contribution in [3.05, 3.63) is 64.9 Å². The lowest BCUT2D eigenvalue weighted by Crippen LogP contribution is -2.12. The van der Waals surface area contributed by atoms with Crippen molar-refractivity contribution < 1.29 is 14.2 Å². The molecule has 0 N–H and O–H groups in total. The van der Waals surface area contributed by atoms with Gasteiger partial charge in [0, 0.05) is 23.2 Å². The highest BCUT2D eigenvalue weighted by atomic mass is 32.2. The van der Waals surface area contributed by atoms with Crippen LogP contribution in [0.2, 0.25) is 0 Å². The van der Waals surface area contributed by atoms with Crippen molar-refractivity contribution in [2.45, 2.75) is 57.2 Å². The number of thioether (sulfide) groups is 1. The molecule has 1 unspecified atom stereocenters. The summed E-state index contributed by atoms with van der Waals surface area (Å²) >= 11 is 3.26. The van der Waals surface area contributed by atoms with E-state index in [4.69, 9.17) is 19.2 Å². The van der Waals surface area contributed by atoms with E-state index in [1.54, 1.807) is 23.1 Å². The average molecular weight is 509 g/mol. The number of fused-ring (bicyclic) bond motifs is 1. The first kappa shape index (κ1) is 23.7. The van der Waals surface area contributed by atoms with Crippen molar-refractivity contribution >= 4 is 23.1 Å². The molecule has 0 saturated heterocycles. The van der Waals surface area contributed by atoms with Crippen LogP contribution in [0.15, 0.2) is 53.0 Å². The molecule has 0 radical (unpaired) electrons. The minimum atomic E-state index is -0.210. The van der Waals surface area contributed by atoms with Gasteiger partial charge in [-0.2, -0.15) is 0 Å². The SMILES string of the molecule is CCn1c(SCc2csc(-c3ccc4c(c3)OCO4)n2)nnc1C(C)Oc1ccc(C(C)C)cc1. The van der Waals surface area contributed by atoms with Crippen LogP contribution >= 0.6 is 23.1 Å². The summed E-state index contributed by atoms with van der Waals surface area (Å²) in [5.74, 6) is 4.41. The van der Waals surface area contributed by atoms with Crippen LogP contribution in [0, 0.1) is 0 Å². The van der Waals surface area contributed by atoms with Crippen LogP contribution in [0.4, 0.5) is 0 Å². The molecule has 1 atom stereocenters. The van der Waals surface area contributed by atoms with Crippen LogP contribution in [0.1, 0.15) is 56.8 Å². The molecule has 0 aliphatic carbocycles. The summed E-state index contributed by atoms with van der Waals surface area (Å²) in [6.07, 6.45) is -0.210. The Morgan fingerprint density at radius 3 is 2.63 bits per heavy atom. The van der Waals surface area contributed by atoms with E-state index in [0.29, 0.717) is 11.7 Å². The predicted octanol–water partition coefficient (Wildman–Crippen LogP) is 6.71. The first-order valence-corrected chi connectivity index (χ1v) is 13.5. The first-order chi connectivity index (χ1) is 17.0. The molecule has 2 aromatic heterocycles. The molecule has 0 spiro atoms. The maximum Gasteiger partial charge on any atom is 0.231 e. The maximum atomic E-state index is 6.18. The fraction of sp³-hybridized carbons (Fsp3) is 0.346. The molecule has 0 fully saturated rings. The van der Waals surface area contributed by atoms with Crippen LogP contribution in [0.25, 0.3) is 10.6 Å². The molecular weight excluding hydrogens is 480 g/mol. The Bertz CT molecular complexity index is 1300. The number of ether oxygens (including phenoxy) is 3. The van der Waals surface area contributed by atoms with E-state index in [0.717, 1.165) is 51.0 Å². The molecule has 9 heteroatoms. The standard InChI is InChI=1S/C26H28N4O3S2/c1-5-30-24(17(4)33-21-9-6-18(7-10-21)16(2)3)28-29-26(30)35-14-20-13-34-25(27-20)19-8-11-22-23(12-19)32-15-31-22/h6-13,16-17H,5,14-15H2,1-4H3. The van der Waals surface area contributed by atoms with E-state index in [1.165, 1.54) is 5.56 Å². The van der Waals surface area contributed by atoms with Crippen molar-refractivity contribution in [1.82, 2.24) is 19.7 Å². The van der Waals surface area contributed by atoms with Crippen molar-refractivity contribution in [1.29, 1.82) is 0 Å². The van der Waals surface area contributed by atoms with E-state index in [9.17, 15) is 0 Å². The second kappa shape index (κ2) is 10.3. The van der Waals surface area contributed by atoms with E-state index in [1.807, 2.05) is 37.3 Å². The van der Waals surface area contributed by atoms with Gasteiger partial charge < -0.3 is 18.8 Å². The quantitative estimate of drug-likeness (QED) is 0.233. The van der Waals surface area contributed by atoms with Gasteiger partial charge in [-0.25, -0.2) is 4.98 Å². The minimum Gasteiger partial charge on any atom is -0.483 e. The first-order valence-electron chi connectivity index (χ1n) is 11.7. The number of aromatic nitrogens is 4. The Labute approximate surface area is 213 Å². The minimum absolute atomic E-state index is 0.210. The summed E-state index contributed by atoms with van der Waals surface area (Å²) in [6.45, 7) is 9.52. The Balaban J connectivity index is 1.24. The number of thiazole rings is 1. The van der Waals surface area contributed by atoms with E-state index < -0.39 is 0 Å². The third kappa shape index (κ3) is 5.16. The van der Waals surface area contributed by atoms with Gasteiger partial charge in [-0.3, -0.25) is 0 Å². The molecule has 182 valence electrons. The Kier molecular flexibility index (Phi) is 6.97. The second-order valence-corrected chi connectivity index (χ2v) is 10.4. The largest absolute Gasteiger partial charge is 0.483 e. The molecule has 4 aromatic rings. The van der Waals surface area contributed by atoms with Crippen molar-refractivity contribution in [2.24, 2.45) is 0 Å². The van der Waals surface area contributed by atoms with Crippen LogP contribution in [-0.2, 0) is 12.3 Å². The van der Waals surface area contributed by atoms with Crippen molar-refractivity contribution in [2.75, 3.05) is 6.79 Å². The van der Waals surface area contributed by atoms with E-state index in [-0.39, 0.29) is 12.9 Å². The van der Waals surface area contributed by atoms with Crippen molar-refractivity contribution in [3.63, 3.8) is 0 Å². The highest BCUT2D eigenvalue weighted by Crippen LogP contribution is 2.37. The topological polar surface area (TPSA) is 71.3 Å².